The topological polar surface area (TPSA) is 41.1 Å². The Morgan fingerprint density at radius 3 is 3.00 bits per heavy atom. The van der Waals surface area contributed by atoms with E-state index in [4.69, 9.17) is 5.26 Å². The zero-order chi connectivity index (χ0) is 9.42. The normalized spacial score (nSPS) is 10.2. The highest BCUT2D eigenvalue weighted by molar-refractivity contribution is 9.10. The first kappa shape index (κ1) is 8.20. The highest BCUT2D eigenvalue weighted by atomic mass is 79.9. The minimum atomic E-state index is -0.441. The van der Waals surface area contributed by atoms with Gasteiger partial charge in [0, 0.05) is 4.47 Å². The lowest BCUT2D eigenvalue weighted by Crippen LogP contribution is -1.94. The second-order valence-electron chi connectivity index (χ2n) is 2.43. The van der Waals surface area contributed by atoms with Crippen LogP contribution in [0.4, 0.5) is 4.39 Å². The maximum absolute atomic E-state index is 13.1. The molecule has 5 heteroatoms. The van der Waals surface area contributed by atoms with Crippen molar-refractivity contribution in [2.24, 2.45) is 0 Å². The van der Waals surface area contributed by atoms with Crippen LogP contribution >= 0.6 is 15.9 Å². The van der Waals surface area contributed by atoms with Crippen LogP contribution in [0.15, 0.2) is 22.8 Å². The molecule has 0 radical (unpaired) electrons. The fourth-order valence-corrected chi connectivity index (χ4v) is 1.60. The van der Waals surface area contributed by atoms with Crippen molar-refractivity contribution in [1.29, 1.82) is 5.26 Å². The van der Waals surface area contributed by atoms with E-state index in [1.54, 1.807) is 12.1 Å². The lowest BCUT2D eigenvalue weighted by atomic mass is 10.3. The predicted molar refractivity (Wildman–Crippen MR) is 47.6 cm³/mol. The van der Waals surface area contributed by atoms with E-state index >= 15 is 0 Å². The summed E-state index contributed by atoms with van der Waals surface area (Å²) in [5.41, 5.74) is 0.598. The van der Waals surface area contributed by atoms with Gasteiger partial charge in [-0.3, -0.25) is 0 Å². The summed E-state index contributed by atoms with van der Waals surface area (Å²) in [6.07, 6.45) is 1.08. The van der Waals surface area contributed by atoms with Crippen LogP contribution in [-0.2, 0) is 0 Å². The second kappa shape index (κ2) is 2.82. The number of halogens is 2. The lowest BCUT2D eigenvalue weighted by Gasteiger charge is -1.97. The first-order chi connectivity index (χ1) is 6.24. The van der Waals surface area contributed by atoms with Crippen molar-refractivity contribution in [2.45, 2.75) is 0 Å². The minimum absolute atomic E-state index is 0.291. The van der Waals surface area contributed by atoms with Crippen molar-refractivity contribution >= 4 is 21.4 Å². The molecule has 2 heterocycles. The van der Waals surface area contributed by atoms with Gasteiger partial charge in [-0.2, -0.15) is 10.4 Å². The maximum atomic E-state index is 13.1. The molecule has 2 rings (SSSR count). The lowest BCUT2D eigenvalue weighted by molar-refractivity contribution is 0.638. The molecule has 0 amide bonds. The minimum Gasteiger partial charge on any atom is -0.219 e. The van der Waals surface area contributed by atoms with Gasteiger partial charge >= 0.3 is 0 Å². The number of rotatable bonds is 0. The number of hydrogen-bond donors (Lipinski definition) is 0. The SMILES string of the molecule is N#Cc1ccc(Br)c2c(F)cnn12. The Hall–Kier alpha value is -1.41. The average Bonchev–Trinajstić information content (AvgIpc) is 2.50. The maximum Gasteiger partial charge on any atom is 0.170 e. The number of hydrogen-bond acceptors (Lipinski definition) is 2. The molecule has 0 N–H and O–H groups in total. The molecule has 0 aromatic carbocycles. The average molecular weight is 240 g/mol. The Morgan fingerprint density at radius 2 is 2.31 bits per heavy atom. The van der Waals surface area contributed by atoms with Crippen molar-refractivity contribution in [3.8, 4) is 6.07 Å². The second-order valence-corrected chi connectivity index (χ2v) is 3.29. The molecule has 0 aliphatic heterocycles. The quantitative estimate of drug-likeness (QED) is 0.707. The first-order valence-electron chi connectivity index (χ1n) is 3.46. The highest BCUT2D eigenvalue weighted by Crippen LogP contribution is 2.21. The van der Waals surface area contributed by atoms with Crippen LogP contribution in [0.3, 0.4) is 0 Å². The van der Waals surface area contributed by atoms with E-state index in [9.17, 15) is 4.39 Å². The molecule has 0 spiro atoms. The summed E-state index contributed by atoms with van der Waals surface area (Å²) >= 11 is 3.18. The third kappa shape index (κ3) is 1.11. The molecule has 0 fully saturated rings. The van der Waals surface area contributed by atoms with Crippen molar-refractivity contribution in [1.82, 2.24) is 9.61 Å². The van der Waals surface area contributed by atoms with Gasteiger partial charge in [-0.05, 0) is 28.1 Å². The number of nitrogens with zero attached hydrogens (tertiary/aromatic N) is 3. The van der Waals surface area contributed by atoms with Crippen LogP contribution in [0, 0.1) is 17.1 Å². The van der Waals surface area contributed by atoms with Gasteiger partial charge < -0.3 is 0 Å². The van der Waals surface area contributed by atoms with Crippen molar-refractivity contribution in [3.05, 3.63) is 34.3 Å². The summed E-state index contributed by atoms with van der Waals surface area (Å²) in [5.74, 6) is -0.441. The highest BCUT2D eigenvalue weighted by Gasteiger charge is 2.09. The van der Waals surface area contributed by atoms with Gasteiger partial charge in [0.2, 0.25) is 0 Å². The van der Waals surface area contributed by atoms with E-state index in [0.29, 0.717) is 15.7 Å². The third-order valence-electron chi connectivity index (χ3n) is 1.68. The Morgan fingerprint density at radius 1 is 1.54 bits per heavy atom. The predicted octanol–water partition coefficient (Wildman–Crippen LogP) is 2.11. The fourth-order valence-electron chi connectivity index (χ4n) is 1.11. The van der Waals surface area contributed by atoms with Crippen LogP contribution in [0.2, 0.25) is 0 Å². The van der Waals surface area contributed by atoms with Crippen molar-refractivity contribution in [2.75, 3.05) is 0 Å². The molecule has 2 aromatic rings. The van der Waals surface area contributed by atoms with Gasteiger partial charge in [0.05, 0.1) is 6.20 Å². The van der Waals surface area contributed by atoms with Gasteiger partial charge in [0.15, 0.2) is 5.82 Å². The Bertz CT molecular complexity index is 512. The van der Waals surface area contributed by atoms with Crippen molar-refractivity contribution in [3.63, 3.8) is 0 Å². The standard InChI is InChI=1S/C8H3BrFN3/c9-6-2-1-5(3-11)13-8(6)7(10)4-12-13/h1-2,4H. The van der Waals surface area contributed by atoms with Gasteiger partial charge in [-0.25, -0.2) is 8.91 Å². The van der Waals surface area contributed by atoms with Gasteiger partial charge in [-0.15, -0.1) is 0 Å². The molecular formula is C8H3BrFN3. The zero-order valence-electron chi connectivity index (χ0n) is 6.33. The third-order valence-corrected chi connectivity index (χ3v) is 2.32. The van der Waals surface area contributed by atoms with E-state index in [2.05, 4.69) is 21.0 Å². The monoisotopic (exact) mass is 239 g/mol. The molecule has 3 nitrogen and oxygen atoms in total. The summed E-state index contributed by atoms with van der Waals surface area (Å²) in [5, 5.41) is 12.4. The molecule has 64 valence electrons. The Balaban J connectivity index is 2.97. The van der Waals surface area contributed by atoms with E-state index in [1.165, 1.54) is 4.52 Å². The van der Waals surface area contributed by atoms with Gasteiger partial charge in [-0.1, -0.05) is 0 Å². The fraction of sp³-hybridized carbons (Fsp3) is 0. The number of aromatic nitrogens is 2. The number of pyridine rings is 1. The van der Waals surface area contributed by atoms with Crippen LogP contribution < -0.4 is 0 Å². The molecule has 0 atom stereocenters. The van der Waals surface area contributed by atoms with Crippen LogP contribution in [0.25, 0.3) is 5.52 Å². The molecule has 0 saturated carbocycles. The molecule has 0 bridgehead atoms. The Labute approximate surface area is 81.5 Å². The Kier molecular flexibility index (Phi) is 1.78. The van der Waals surface area contributed by atoms with E-state index in [0.717, 1.165) is 6.20 Å². The summed E-state index contributed by atoms with van der Waals surface area (Å²) < 4.78 is 14.9. The van der Waals surface area contributed by atoms with Gasteiger partial charge in [0.25, 0.3) is 0 Å². The summed E-state index contributed by atoms with van der Waals surface area (Å²) in [4.78, 5) is 0. The first-order valence-corrected chi connectivity index (χ1v) is 4.25. The molecule has 0 aliphatic carbocycles. The summed E-state index contributed by atoms with van der Waals surface area (Å²) in [6, 6.07) is 5.12. The van der Waals surface area contributed by atoms with Crippen LogP contribution in [0.5, 0.6) is 0 Å². The van der Waals surface area contributed by atoms with E-state index in [-0.39, 0.29) is 0 Å². The van der Waals surface area contributed by atoms with Crippen LogP contribution in [0.1, 0.15) is 5.69 Å². The van der Waals surface area contributed by atoms with Crippen molar-refractivity contribution < 1.29 is 4.39 Å². The number of fused-ring (bicyclic) bond motifs is 1. The smallest absolute Gasteiger partial charge is 0.170 e. The number of nitriles is 1. The molecule has 13 heavy (non-hydrogen) atoms. The molecule has 0 unspecified atom stereocenters. The molecular weight excluding hydrogens is 237 g/mol. The van der Waals surface area contributed by atoms with Crippen LogP contribution in [-0.4, -0.2) is 9.61 Å². The molecule has 0 saturated heterocycles. The summed E-state index contributed by atoms with van der Waals surface area (Å²) in [7, 11) is 0. The van der Waals surface area contributed by atoms with E-state index in [1.807, 2.05) is 6.07 Å². The van der Waals surface area contributed by atoms with Gasteiger partial charge in [0.1, 0.15) is 17.3 Å². The van der Waals surface area contributed by atoms with E-state index < -0.39 is 5.82 Å². The zero-order valence-corrected chi connectivity index (χ0v) is 7.92. The summed E-state index contributed by atoms with van der Waals surface area (Å²) in [6.45, 7) is 0. The largest absolute Gasteiger partial charge is 0.219 e. The molecule has 2 aromatic heterocycles. The molecule has 0 aliphatic rings.